The standard InChI is InChI=1S/C19H14F6N2O3/c20-18(21,22)14-4-2-1-3-13(14)15(19(23,24)25)30-16(28)11-5-7-12(8-6-11)27-10-9-26-17(27)29/h1-8,15H,9-10H2,(H,26,29)/t15-/m0/s1. The van der Waals surface area contributed by atoms with Gasteiger partial charge in [0.2, 0.25) is 6.10 Å². The summed E-state index contributed by atoms with van der Waals surface area (Å²) >= 11 is 0. The van der Waals surface area contributed by atoms with Crippen LogP contribution in [0.5, 0.6) is 0 Å². The third kappa shape index (κ3) is 4.50. The molecule has 0 radical (unpaired) electrons. The number of carbonyl (C=O) groups is 2. The number of carbonyl (C=O) groups excluding carboxylic acids is 2. The number of benzene rings is 2. The Kier molecular flexibility index (Phi) is 5.64. The van der Waals surface area contributed by atoms with Crippen molar-refractivity contribution < 1.29 is 40.7 Å². The van der Waals surface area contributed by atoms with Gasteiger partial charge in [-0.05, 0) is 30.3 Å². The summed E-state index contributed by atoms with van der Waals surface area (Å²) in [6, 6.07) is 7.58. The molecule has 1 N–H and O–H groups in total. The molecule has 30 heavy (non-hydrogen) atoms. The SMILES string of the molecule is O=C(O[C@@H](c1ccccc1C(F)(F)F)C(F)(F)F)c1ccc(N2CCNC2=O)cc1. The molecule has 3 rings (SSSR count). The van der Waals surface area contributed by atoms with E-state index in [-0.39, 0.29) is 11.6 Å². The van der Waals surface area contributed by atoms with Crippen molar-refractivity contribution >= 4 is 17.7 Å². The van der Waals surface area contributed by atoms with Crippen LogP contribution in [0.4, 0.5) is 36.8 Å². The zero-order chi connectivity index (χ0) is 22.1. The number of nitrogens with zero attached hydrogens (tertiary/aromatic N) is 1. The Labute approximate surface area is 166 Å². The molecule has 2 amide bonds. The van der Waals surface area contributed by atoms with Gasteiger partial charge in [-0.25, -0.2) is 9.59 Å². The summed E-state index contributed by atoms with van der Waals surface area (Å²) in [6.07, 6.45) is -13.4. The van der Waals surface area contributed by atoms with E-state index in [1.165, 1.54) is 17.0 Å². The second kappa shape index (κ2) is 7.88. The first-order valence-corrected chi connectivity index (χ1v) is 8.58. The fourth-order valence-electron chi connectivity index (χ4n) is 2.96. The van der Waals surface area contributed by atoms with Crippen LogP contribution in [0.1, 0.15) is 27.6 Å². The predicted molar refractivity (Wildman–Crippen MR) is 92.8 cm³/mol. The molecule has 1 aliphatic rings. The lowest BCUT2D eigenvalue weighted by Crippen LogP contribution is -2.29. The van der Waals surface area contributed by atoms with E-state index in [2.05, 4.69) is 10.1 Å². The fraction of sp³-hybridized carbons (Fsp3) is 0.263. The van der Waals surface area contributed by atoms with E-state index >= 15 is 0 Å². The molecule has 0 bridgehead atoms. The van der Waals surface area contributed by atoms with Crippen LogP contribution in [0, 0.1) is 0 Å². The molecular formula is C19H14F6N2O3. The summed E-state index contributed by atoms with van der Waals surface area (Å²) in [6.45, 7) is 0.779. The molecule has 0 unspecified atom stereocenters. The summed E-state index contributed by atoms with van der Waals surface area (Å²) < 4.78 is 84.3. The van der Waals surface area contributed by atoms with Crippen LogP contribution in [0.15, 0.2) is 48.5 Å². The Balaban J connectivity index is 1.86. The maximum atomic E-state index is 13.5. The van der Waals surface area contributed by atoms with Crippen molar-refractivity contribution in [2.75, 3.05) is 18.0 Å². The van der Waals surface area contributed by atoms with E-state index in [9.17, 15) is 35.9 Å². The van der Waals surface area contributed by atoms with E-state index < -0.39 is 35.6 Å². The lowest BCUT2D eigenvalue weighted by atomic mass is 10.0. The van der Waals surface area contributed by atoms with Crippen LogP contribution < -0.4 is 10.2 Å². The van der Waals surface area contributed by atoms with Gasteiger partial charge in [-0.3, -0.25) is 4.90 Å². The number of hydrogen-bond donors (Lipinski definition) is 1. The molecule has 0 aliphatic carbocycles. The number of alkyl halides is 6. The molecule has 5 nitrogen and oxygen atoms in total. The van der Waals surface area contributed by atoms with Crippen molar-refractivity contribution in [3.8, 4) is 0 Å². The quantitative estimate of drug-likeness (QED) is 0.563. The highest BCUT2D eigenvalue weighted by Gasteiger charge is 2.48. The van der Waals surface area contributed by atoms with Gasteiger partial charge >= 0.3 is 24.4 Å². The number of urea groups is 1. The minimum absolute atomic E-state index is 0.308. The van der Waals surface area contributed by atoms with Crippen molar-refractivity contribution in [2.24, 2.45) is 0 Å². The summed E-state index contributed by atoms with van der Waals surface area (Å²) in [4.78, 5) is 25.2. The second-order valence-corrected chi connectivity index (χ2v) is 6.34. The first-order valence-electron chi connectivity index (χ1n) is 8.58. The number of anilines is 1. The Morgan fingerprint density at radius 1 is 1.00 bits per heavy atom. The van der Waals surface area contributed by atoms with Gasteiger partial charge in [0.15, 0.2) is 0 Å². The summed E-state index contributed by atoms with van der Waals surface area (Å²) in [5.41, 5.74) is -2.67. The highest BCUT2D eigenvalue weighted by Crippen LogP contribution is 2.42. The third-order valence-electron chi connectivity index (χ3n) is 4.34. The number of esters is 1. The van der Waals surface area contributed by atoms with Crippen molar-refractivity contribution in [3.05, 3.63) is 65.2 Å². The Hall–Kier alpha value is -3.24. The van der Waals surface area contributed by atoms with Gasteiger partial charge in [-0.1, -0.05) is 18.2 Å². The summed E-state index contributed by atoms with van der Waals surface area (Å²) in [5.74, 6) is -1.45. The lowest BCUT2D eigenvalue weighted by molar-refractivity contribution is -0.209. The van der Waals surface area contributed by atoms with Crippen LogP contribution >= 0.6 is 0 Å². The Bertz CT molecular complexity index is 941. The van der Waals surface area contributed by atoms with Crippen molar-refractivity contribution in [2.45, 2.75) is 18.5 Å². The number of nitrogens with one attached hydrogen (secondary N) is 1. The average Bonchev–Trinajstić information content (AvgIpc) is 3.10. The van der Waals surface area contributed by atoms with Gasteiger partial charge in [0.05, 0.1) is 11.1 Å². The zero-order valence-corrected chi connectivity index (χ0v) is 15.1. The molecule has 1 aliphatic heterocycles. The van der Waals surface area contributed by atoms with Crippen LogP contribution in [0.2, 0.25) is 0 Å². The molecule has 11 heteroatoms. The number of hydrogen-bond acceptors (Lipinski definition) is 3. The molecular weight excluding hydrogens is 418 g/mol. The number of rotatable bonds is 4. The molecule has 1 fully saturated rings. The molecule has 1 atom stereocenters. The van der Waals surface area contributed by atoms with Gasteiger partial charge in [0.25, 0.3) is 0 Å². The molecule has 0 spiro atoms. The summed E-state index contributed by atoms with van der Waals surface area (Å²) in [5, 5.41) is 2.56. The van der Waals surface area contributed by atoms with Crippen molar-refractivity contribution in [3.63, 3.8) is 0 Å². The van der Waals surface area contributed by atoms with E-state index in [0.717, 1.165) is 24.3 Å². The molecule has 2 aromatic rings. The maximum Gasteiger partial charge on any atom is 0.429 e. The monoisotopic (exact) mass is 432 g/mol. The molecule has 0 saturated carbocycles. The van der Waals surface area contributed by atoms with Crippen molar-refractivity contribution in [1.82, 2.24) is 5.32 Å². The molecule has 1 saturated heterocycles. The highest BCUT2D eigenvalue weighted by molar-refractivity contribution is 5.95. The van der Waals surface area contributed by atoms with E-state index in [0.29, 0.717) is 30.9 Å². The van der Waals surface area contributed by atoms with Gasteiger partial charge < -0.3 is 10.1 Å². The second-order valence-electron chi connectivity index (χ2n) is 6.34. The topological polar surface area (TPSA) is 58.6 Å². The number of amides is 2. The minimum atomic E-state index is -5.27. The Morgan fingerprint density at radius 3 is 2.17 bits per heavy atom. The maximum absolute atomic E-state index is 13.5. The first-order chi connectivity index (χ1) is 14.0. The fourth-order valence-corrected chi connectivity index (χ4v) is 2.96. The minimum Gasteiger partial charge on any atom is -0.444 e. The van der Waals surface area contributed by atoms with Gasteiger partial charge in [0.1, 0.15) is 0 Å². The number of halogens is 6. The van der Waals surface area contributed by atoms with Gasteiger partial charge in [-0.2, -0.15) is 26.3 Å². The van der Waals surface area contributed by atoms with Crippen LogP contribution in [0.25, 0.3) is 0 Å². The largest absolute Gasteiger partial charge is 0.444 e. The average molecular weight is 432 g/mol. The smallest absolute Gasteiger partial charge is 0.429 e. The van der Waals surface area contributed by atoms with Gasteiger partial charge in [-0.15, -0.1) is 0 Å². The van der Waals surface area contributed by atoms with Crippen LogP contribution in [-0.2, 0) is 10.9 Å². The highest BCUT2D eigenvalue weighted by atomic mass is 19.4. The lowest BCUT2D eigenvalue weighted by Gasteiger charge is -2.24. The summed E-state index contributed by atoms with van der Waals surface area (Å²) in [7, 11) is 0. The molecule has 2 aromatic carbocycles. The molecule has 1 heterocycles. The van der Waals surface area contributed by atoms with Crippen molar-refractivity contribution in [1.29, 1.82) is 0 Å². The normalized spacial score (nSPS) is 15.7. The zero-order valence-electron chi connectivity index (χ0n) is 15.1. The third-order valence-corrected chi connectivity index (χ3v) is 4.34. The van der Waals surface area contributed by atoms with E-state index in [1.54, 1.807) is 0 Å². The van der Waals surface area contributed by atoms with Gasteiger partial charge in [0, 0.05) is 24.3 Å². The number of ether oxygens (including phenoxy) is 1. The Morgan fingerprint density at radius 2 is 1.63 bits per heavy atom. The predicted octanol–water partition coefficient (Wildman–Crippen LogP) is 4.70. The van der Waals surface area contributed by atoms with Crippen LogP contribution in [-0.4, -0.2) is 31.3 Å². The molecule has 0 aromatic heterocycles. The van der Waals surface area contributed by atoms with E-state index in [1.807, 2.05) is 0 Å². The first kappa shape index (κ1) is 21.5. The molecule has 160 valence electrons. The van der Waals surface area contributed by atoms with E-state index in [4.69, 9.17) is 0 Å². The van der Waals surface area contributed by atoms with Crippen LogP contribution in [0.3, 0.4) is 0 Å².